The molecule has 0 saturated carbocycles. The number of nitrogen functional groups attached to an aromatic ring is 1. The van der Waals surface area contributed by atoms with Gasteiger partial charge in [0.2, 0.25) is 0 Å². The molecule has 0 heterocycles. The molecule has 1 aromatic rings. The summed E-state index contributed by atoms with van der Waals surface area (Å²) in [6.45, 7) is 4.88. The largest absolute Gasteiger partial charge is 0.398 e. The maximum atomic E-state index is 8.91. The predicted molar refractivity (Wildman–Crippen MR) is 69.7 cm³/mol. The Morgan fingerprint density at radius 1 is 1.47 bits per heavy atom. The lowest BCUT2D eigenvalue weighted by Gasteiger charge is -2.22. The van der Waals surface area contributed by atoms with Crippen molar-refractivity contribution in [1.29, 1.82) is 5.26 Å². The third kappa shape index (κ3) is 3.65. The number of rotatable bonds is 5. The number of hydrogen-bond donors (Lipinski definition) is 2. The average Bonchev–Trinajstić information content (AvgIpc) is 2.30. The normalized spacial score (nSPS) is 12.2. The van der Waals surface area contributed by atoms with E-state index < -0.39 is 0 Å². The molecule has 0 bridgehead atoms. The van der Waals surface area contributed by atoms with Crippen molar-refractivity contribution in [2.45, 2.75) is 19.9 Å². The highest BCUT2D eigenvalue weighted by Crippen LogP contribution is 2.19. The summed E-state index contributed by atoms with van der Waals surface area (Å²) in [5.41, 5.74) is 7.57. The van der Waals surface area contributed by atoms with Crippen LogP contribution in [0.25, 0.3) is 0 Å². The average molecular weight is 233 g/mol. The van der Waals surface area contributed by atoms with Gasteiger partial charge in [0.05, 0.1) is 18.2 Å². The minimum absolute atomic E-state index is 0.218. The summed E-state index contributed by atoms with van der Waals surface area (Å²) in [7, 11) is 1.68. The van der Waals surface area contributed by atoms with Gasteiger partial charge in [-0.05, 0) is 24.1 Å². The SMILES string of the molecule is COCC(Nc1ccc(N)c(C#N)c1)C(C)C. The Hall–Kier alpha value is -1.73. The van der Waals surface area contributed by atoms with Crippen molar-refractivity contribution >= 4 is 11.4 Å². The first kappa shape index (κ1) is 13.3. The summed E-state index contributed by atoms with van der Waals surface area (Å²) in [6, 6.07) is 7.67. The minimum atomic E-state index is 0.218. The third-order valence-electron chi connectivity index (χ3n) is 2.68. The molecule has 0 fully saturated rings. The second-order valence-corrected chi connectivity index (χ2v) is 4.36. The molecule has 0 aliphatic rings. The van der Waals surface area contributed by atoms with Crippen molar-refractivity contribution in [1.82, 2.24) is 0 Å². The number of nitrogens with one attached hydrogen (secondary N) is 1. The maximum absolute atomic E-state index is 8.91. The van der Waals surface area contributed by atoms with Gasteiger partial charge in [-0.1, -0.05) is 13.8 Å². The first-order valence-corrected chi connectivity index (χ1v) is 5.63. The van der Waals surface area contributed by atoms with E-state index in [1.54, 1.807) is 19.2 Å². The Labute approximate surface area is 102 Å². The number of anilines is 2. The second kappa shape index (κ2) is 6.12. The van der Waals surface area contributed by atoms with Crippen LogP contribution in [0.15, 0.2) is 18.2 Å². The Balaban J connectivity index is 2.83. The molecule has 0 radical (unpaired) electrons. The van der Waals surface area contributed by atoms with Gasteiger partial charge in [-0.25, -0.2) is 0 Å². The quantitative estimate of drug-likeness (QED) is 0.765. The molecule has 0 aromatic heterocycles. The molecule has 4 heteroatoms. The molecule has 1 atom stereocenters. The van der Waals surface area contributed by atoms with E-state index >= 15 is 0 Å². The third-order valence-corrected chi connectivity index (χ3v) is 2.68. The number of nitriles is 1. The summed E-state index contributed by atoms with van der Waals surface area (Å²) in [4.78, 5) is 0. The Kier molecular flexibility index (Phi) is 4.80. The Morgan fingerprint density at radius 3 is 2.71 bits per heavy atom. The van der Waals surface area contributed by atoms with E-state index in [1.807, 2.05) is 6.07 Å². The van der Waals surface area contributed by atoms with Gasteiger partial charge in [0.15, 0.2) is 0 Å². The molecule has 0 aliphatic carbocycles. The minimum Gasteiger partial charge on any atom is -0.398 e. The van der Waals surface area contributed by atoms with Crippen molar-refractivity contribution in [3.8, 4) is 6.07 Å². The molecular formula is C13H19N3O. The lowest BCUT2D eigenvalue weighted by Crippen LogP contribution is -2.30. The number of methoxy groups -OCH3 is 1. The highest BCUT2D eigenvalue weighted by atomic mass is 16.5. The van der Waals surface area contributed by atoms with Crippen LogP contribution in [-0.4, -0.2) is 19.8 Å². The number of ether oxygens (including phenoxy) is 1. The molecular weight excluding hydrogens is 214 g/mol. The molecule has 1 rings (SSSR count). The topological polar surface area (TPSA) is 71.1 Å². The van der Waals surface area contributed by atoms with Crippen LogP contribution in [0.5, 0.6) is 0 Å². The van der Waals surface area contributed by atoms with Crippen molar-refractivity contribution in [2.24, 2.45) is 5.92 Å². The number of nitrogens with zero attached hydrogens (tertiary/aromatic N) is 1. The van der Waals surface area contributed by atoms with Crippen LogP contribution in [0.2, 0.25) is 0 Å². The van der Waals surface area contributed by atoms with E-state index in [1.165, 1.54) is 0 Å². The maximum Gasteiger partial charge on any atom is 0.101 e. The fourth-order valence-corrected chi connectivity index (χ4v) is 1.54. The van der Waals surface area contributed by atoms with E-state index in [0.29, 0.717) is 23.8 Å². The molecule has 3 N–H and O–H groups in total. The summed E-state index contributed by atoms with van der Waals surface area (Å²) >= 11 is 0. The monoisotopic (exact) mass is 233 g/mol. The Morgan fingerprint density at radius 2 is 2.18 bits per heavy atom. The van der Waals surface area contributed by atoms with Crippen LogP contribution in [-0.2, 0) is 4.74 Å². The smallest absolute Gasteiger partial charge is 0.101 e. The van der Waals surface area contributed by atoms with Crippen LogP contribution in [0.3, 0.4) is 0 Å². The van der Waals surface area contributed by atoms with Crippen LogP contribution >= 0.6 is 0 Å². The van der Waals surface area contributed by atoms with E-state index in [2.05, 4.69) is 25.2 Å². The lowest BCUT2D eigenvalue weighted by atomic mass is 10.0. The zero-order valence-electron chi connectivity index (χ0n) is 10.5. The van der Waals surface area contributed by atoms with Crippen LogP contribution in [0, 0.1) is 17.2 Å². The fourth-order valence-electron chi connectivity index (χ4n) is 1.54. The van der Waals surface area contributed by atoms with Crippen LogP contribution < -0.4 is 11.1 Å². The summed E-state index contributed by atoms with van der Waals surface area (Å²) in [5.74, 6) is 0.443. The van der Waals surface area contributed by atoms with Crippen LogP contribution in [0.4, 0.5) is 11.4 Å². The summed E-state index contributed by atoms with van der Waals surface area (Å²) in [6.07, 6.45) is 0. The first-order valence-electron chi connectivity index (χ1n) is 5.63. The summed E-state index contributed by atoms with van der Waals surface area (Å²) < 4.78 is 5.17. The standard InChI is InChI=1S/C13H19N3O/c1-9(2)13(8-17-3)16-11-4-5-12(15)10(6-11)7-14/h4-6,9,13,16H,8,15H2,1-3H3. The lowest BCUT2D eigenvalue weighted by molar-refractivity contribution is 0.171. The van der Waals surface area contributed by atoms with E-state index in [-0.39, 0.29) is 6.04 Å². The van der Waals surface area contributed by atoms with Crippen LogP contribution in [0.1, 0.15) is 19.4 Å². The first-order chi connectivity index (χ1) is 8.08. The van der Waals surface area contributed by atoms with Gasteiger partial charge in [0.25, 0.3) is 0 Å². The van der Waals surface area contributed by atoms with E-state index in [4.69, 9.17) is 15.7 Å². The van der Waals surface area contributed by atoms with Gasteiger partial charge in [-0.2, -0.15) is 5.26 Å². The zero-order valence-corrected chi connectivity index (χ0v) is 10.5. The molecule has 1 aromatic carbocycles. The number of nitrogens with two attached hydrogens (primary N) is 1. The van der Waals surface area contributed by atoms with Gasteiger partial charge in [-0.15, -0.1) is 0 Å². The van der Waals surface area contributed by atoms with Gasteiger partial charge in [0.1, 0.15) is 6.07 Å². The van der Waals surface area contributed by atoms with Crippen molar-refractivity contribution in [3.63, 3.8) is 0 Å². The second-order valence-electron chi connectivity index (χ2n) is 4.36. The number of hydrogen-bond acceptors (Lipinski definition) is 4. The highest BCUT2D eigenvalue weighted by Gasteiger charge is 2.13. The molecule has 4 nitrogen and oxygen atoms in total. The van der Waals surface area contributed by atoms with E-state index in [0.717, 1.165) is 5.69 Å². The molecule has 0 amide bonds. The van der Waals surface area contributed by atoms with Gasteiger partial charge < -0.3 is 15.8 Å². The Bertz CT molecular complexity index is 410. The van der Waals surface area contributed by atoms with E-state index in [9.17, 15) is 0 Å². The number of benzene rings is 1. The van der Waals surface area contributed by atoms with Gasteiger partial charge >= 0.3 is 0 Å². The van der Waals surface area contributed by atoms with Crippen molar-refractivity contribution in [3.05, 3.63) is 23.8 Å². The highest BCUT2D eigenvalue weighted by molar-refractivity contribution is 5.62. The van der Waals surface area contributed by atoms with Gasteiger partial charge in [-0.3, -0.25) is 0 Å². The molecule has 0 saturated heterocycles. The fraction of sp³-hybridized carbons (Fsp3) is 0.462. The predicted octanol–water partition coefficient (Wildman–Crippen LogP) is 2.22. The molecule has 1 unspecified atom stereocenters. The van der Waals surface area contributed by atoms with Crippen molar-refractivity contribution < 1.29 is 4.74 Å². The van der Waals surface area contributed by atoms with Crippen molar-refractivity contribution in [2.75, 3.05) is 24.8 Å². The molecule has 0 spiro atoms. The molecule has 17 heavy (non-hydrogen) atoms. The zero-order chi connectivity index (χ0) is 12.8. The molecule has 92 valence electrons. The van der Waals surface area contributed by atoms with Gasteiger partial charge in [0, 0.05) is 18.5 Å². The summed E-state index contributed by atoms with van der Waals surface area (Å²) in [5, 5.41) is 12.3. The molecule has 0 aliphatic heterocycles.